The molecule has 3 atom stereocenters. The predicted molar refractivity (Wildman–Crippen MR) is 127 cm³/mol. The van der Waals surface area contributed by atoms with Gasteiger partial charge in [-0.05, 0) is 41.5 Å². The lowest BCUT2D eigenvalue weighted by Crippen LogP contribution is -2.50. The highest BCUT2D eigenvalue weighted by molar-refractivity contribution is 5.76. The smallest absolute Gasteiger partial charge is 0.407 e. The van der Waals surface area contributed by atoms with Crippen LogP contribution in [0.15, 0.2) is 75.9 Å². The van der Waals surface area contributed by atoms with Crippen LogP contribution in [0.25, 0.3) is 11.1 Å². The lowest BCUT2D eigenvalue weighted by Gasteiger charge is -2.38. The SMILES string of the molecule is Cn1c(=O)oc2c(CNC3COC(C(c4ccc(F)cc4)c4ccc(F)cc4)CC3O)cccc21. The van der Waals surface area contributed by atoms with E-state index in [9.17, 15) is 18.7 Å². The van der Waals surface area contributed by atoms with Gasteiger partial charge in [-0.2, -0.15) is 0 Å². The Labute approximate surface area is 200 Å². The molecular weight excluding hydrogens is 454 g/mol. The molecule has 3 unspecified atom stereocenters. The van der Waals surface area contributed by atoms with E-state index >= 15 is 0 Å². The first-order valence-corrected chi connectivity index (χ1v) is 11.5. The Hall–Kier alpha value is -3.33. The summed E-state index contributed by atoms with van der Waals surface area (Å²) in [5.74, 6) is -1.41. The van der Waals surface area contributed by atoms with Crippen molar-refractivity contribution in [2.24, 2.45) is 7.05 Å². The van der Waals surface area contributed by atoms with Crippen LogP contribution in [-0.4, -0.2) is 34.5 Å². The Kier molecular flexibility index (Phi) is 6.51. The summed E-state index contributed by atoms with van der Waals surface area (Å²) < 4.78 is 40.1. The van der Waals surface area contributed by atoms with Gasteiger partial charge >= 0.3 is 5.76 Å². The molecule has 0 radical (unpaired) electrons. The van der Waals surface area contributed by atoms with Crippen LogP contribution in [0.5, 0.6) is 0 Å². The standard InChI is InChI=1S/C27H26F2N2O4/c1-31-22-4-2-3-18(26(22)35-27(31)33)14-30-21-15-34-24(13-23(21)32)25(16-5-9-19(28)10-6-16)17-7-11-20(29)12-8-17/h2-12,21,23-25,30,32H,13-15H2,1H3. The lowest BCUT2D eigenvalue weighted by molar-refractivity contribution is -0.0718. The summed E-state index contributed by atoms with van der Waals surface area (Å²) in [5.41, 5.74) is 3.69. The second kappa shape index (κ2) is 9.73. The zero-order valence-corrected chi connectivity index (χ0v) is 19.2. The largest absolute Gasteiger partial charge is 0.419 e. The number of oxazole rings is 1. The van der Waals surface area contributed by atoms with Crippen LogP contribution < -0.4 is 11.1 Å². The van der Waals surface area contributed by atoms with E-state index in [0.29, 0.717) is 24.1 Å². The topological polar surface area (TPSA) is 76.6 Å². The molecule has 5 rings (SSSR count). The van der Waals surface area contributed by atoms with E-state index in [2.05, 4.69) is 5.32 Å². The number of benzene rings is 3. The summed E-state index contributed by atoms with van der Waals surface area (Å²) in [4.78, 5) is 11.9. The zero-order valence-electron chi connectivity index (χ0n) is 19.2. The maximum atomic E-state index is 13.6. The molecule has 3 aromatic carbocycles. The minimum atomic E-state index is -0.709. The number of halogens is 2. The van der Waals surface area contributed by atoms with Crippen molar-refractivity contribution in [2.75, 3.05) is 6.61 Å². The molecule has 0 aliphatic carbocycles. The van der Waals surface area contributed by atoms with Crippen LogP contribution in [0.3, 0.4) is 0 Å². The molecule has 35 heavy (non-hydrogen) atoms. The molecule has 4 aromatic rings. The molecule has 0 saturated carbocycles. The van der Waals surface area contributed by atoms with Crippen LogP contribution in [0.1, 0.15) is 29.0 Å². The molecule has 2 heterocycles. The number of fused-ring (bicyclic) bond motifs is 1. The number of aliphatic hydroxyl groups is 1. The summed E-state index contributed by atoms with van der Waals surface area (Å²) >= 11 is 0. The summed E-state index contributed by atoms with van der Waals surface area (Å²) in [7, 11) is 1.66. The number of aromatic nitrogens is 1. The van der Waals surface area contributed by atoms with E-state index < -0.39 is 11.9 Å². The third-order valence-corrected chi connectivity index (χ3v) is 6.71. The highest BCUT2D eigenvalue weighted by Crippen LogP contribution is 2.35. The van der Waals surface area contributed by atoms with Crippen molar-refractivity contribution in [3.8, 4) is 0 Å². The molecule has 8 heteroatoms. The number of hydrogen-bond donors (Lipinski definition) is 2. The fraction of sp³-hybridized carbons (Fsp3) is 0.296. The van der Waals surface area contributed by atoms with E-state index in [1.807, 2.05) is 18.2 Å². The number of hydrogen-bond acceptors (Lipinski definition) is 5. The van der Waals surface area contributed by atoms with Gasteiger partial charge in [-0.25, -0.2) is 13.6 Å². The maximum Gasteiger partial charge on any atom is 0.419 e. The average molecular weight is 481 g/mol. The van der Waals surface area contributed by atoms with Gasteiger partial charge in [0.15, 0.2) is 5.58 Å². The number of aryl methyl sites for hydroxylation is 1. The number of aliphatic hydroxyl groups excluding tert-OH is 1. The Morgan fingerprint density at radius 2 is 1.66 bits per heavy atom. The lowest BCUT2D eigenvalue weighted by atomic mass is 9.82. The first kappa shape index (κ1) is 23.4. The molecule has 0 amide bonds. The summed E-state index contributed by atoms with van der Waals surface area (Å²) in [6, 6.07) is 17.5. The monoisotopic (exact) mass is 480 g/mol. The Morgan fingerprint density at radius 1 is 1.03 bits per heavy atom. The minimum Gasteiger partial charge on any atom is -0.407 e. The van der Waals surface area contributed by atoms with Crippen LogP contribution in [0.2, 0.25) is 0 Å². The molecule has 6 nitrogen and oxygen atoms in total. The van der Waals surface area contributed by atoms with Crippen LogP contribution >= 0.6 is 0 Å². The van der Waals surface area contributed by atoms with Crippen LogP contribution in [-0.2, 0) is 18.3 Å². The fourth-order valence-electron chi connectivity index (χ4n) is 4.79. The van der Waals surface area contributed by atoms with Crippen molar-refractivity contribution in [3.05, 3.63) is 106 Å². The van der Waals surface area contributed by atoms with Crippen molar-refractivity contribution in [3.63, 3.8) is 0 Å². The Morgan fingerprint density at radius 3 is 2.26 bits per heavy atom. The number of ether oxygens (including phenoxy) is 1. The number of nitrogens with zero attached hydrogens (tertiary/aromatic N) is 1. The molecule has 0 bridgehead atoms. The predicted octanol–water partition coefficient (Wildman–Crippen LogP) is 3.85. The van der Waals surface area contributed by atoms with Crippen molar-refractivity contribution in [2.45, 2.75) is 37.1 Å². The zero-order chi connectivity index (χ0) is 24.5. The number of para-hydroxylation sites is 1. The molecule has 0 spiro atoms. The van der Waals surface area contributed by atoms with Crippen molar-refractivity contribution in [1.29, 1.82) is 0 Å². The van der Waals surface area contributed by atoms with Crippen LogP contribution in [0.4, 0.5) is 8.78 Å². The van der Waals surface area contributed by atoms with Crippen LogP contribution in [0, 0.1) is 11.6 Å². The second-order valence-electron chi connectivity index (χ2n) is 8.94. The van der Waals surface area contributed by atoms with Crippen molar-refractivity contribution < 1.29 is 23.0 Å². The van der Waals surface area contributed by atoms with Crippen molar-refractivity contribution in [1.82, 2.24) is 9.88 Å². The van der Waals surface area contributed by atoms with Gasteiger partial charge in [-0.1, -0.05) is 36.4 Å². The Balaban J connectivity index is 1.32. The van der Waals surface area contributed by atoms with Crippen molar-refractivity contribution >= 4 is 11.1 Å². The Bertz CT molecular complexity index is 1320. The molecule has 1 aliphatic heterocycles. The van der Waals surface area contributed by atoms with E-state index in [4.69, 9.17) is 9.15 Å². The molecule has 182 valence electrons. The first-order chi connectivity index (χ1) is 16.9. The molecule has 1 saturated heterocycles. The first-order valence-electron chi connectivity index (χ1n) is 11.5. The number of rotatable bonds is 6. The second-order valence-corrected chi connectivity index (χ2v) is 8.94. The van der Waals surface area contributed by atoms with Gasteiger partial charge in [0.25, 0.3) is 0 Å². The quantitative estimate of drug-likeness (QED) is 0.439. The third kappa shape index (κ3) is 4.77. The van der Waals surface area contributed by atoms with E-state index in [1.165, 1.54) is 28.8 Å². The van der Waals surface area contributed by atoms with Gasteiger partial charge in [0.05, 0.1) is 30.4 Å². The van der Waals surface area contributed by atoms with E-state index in [1.54, 1.807) is 31.3 Å². The third-order valence-electron chi connectivity index (χ3n) is 6.71. The maximum absolute atomic E-state index is 13.6. The minimum absolute atomic E-state index is 0.249. The van der Waals surface area contributed by atoms with E-state index in [0.717, 1.165) is 16.7 Å². The summed E-state index contributed by atoms with van der Waals surface area (Å²) in [6.45, 7) is 0.638. The van der Waals surface area contributed by atoms with Gasteiger partial charge in [0, 0.05) is 31.5 Å². The summed E-state index contributed by atoms with van der Waals surface area (Å²) in [6.07, 6.45) is -0.754. The van der Waals surface area contributed by atoms with Gasteiger partial charge in [0.1, 0.15) is 11.6 Å². The molecule has 1 aliphatic rings. The van der Waals surface area contributed by atoms with E-state index in [-0.39, 0.29) is 36.3 Å². The molecule has 2 N–H and O–H groups in total. The van der Waals surface area contributed by atoms with Gasteiger partial charge in [-0.3, -0.25) is 4.57 Å². The van der Waals surface area contributed by atoms with Gasteiger partial charge < -0.3 is 19.6 Å². The fourth-order valence-corrected chi connectivity index (χ4v) is 4.79. The molecular formula is C27H26F2N2O4. The highest BCUT2D eigenvalue weighted by atomic mass is 19.1. The molecule has 1 aromatic heterocycles. The van der Waals surface area contributed by atoms with Gasteiger partial charge in [-0.15, -0.1) is 0 Å². The number of nitrogens with one attached hydrogen (secondary N) is 1. The molecule has 1 fully saturated rings. The normalized spacial score (nSPS) is 20.5. The highest BCUT2D eigenvalue weighted by Gasteiger charge is 2.35. The average Bonchev–Trinajstić information content (AvgIpc) is 3.15. The summed E-state index contributed by atoms with van der Waals surface area (Å²) in [5, 5.41) is 14.3. The van der Waals surface area contributed by atoms with Gasteiger partial charge in [0.2, 0.25) is 0 Å².